The zero-order valence-corrected chi connectivity index (χ0v) is 12.5. The van der Waals surface area contributed by atoms with Gasteiger partial charge in [-0.3, -0.25) is 4.79 Å². The second kappa shape index (κ2) is 6.84. The molecule has 1 aromatic carbocycles. The standard InChI is InChI=1S/C16H19F2N3O/c1-11(12-4-5-13(17)14(18)8-12)20-9-15(22)21-16(10-19)6-2-3-7-16/h4-5,8,11,20H,2-3,6-7,9H2,1H3,(H,21,22)/p+1/t11-/m0/s1. The molecule has 1 aromatic rings. The Morgan fingerprint density at radius 1 is 1.41 bits per heavy atom. The minimum atomic E-state index is -0.892. The van der Waals surface area contributed by atoms with E-state index in [4.69, 9.17) is 0 Å². The van der Waals surface area contributed by atoms with E-state index in [2.05, 4.69) is 11.4 Å². The number of benzene rings is 1. The molecule has 4 nitrogen and oxygen atoms in total. The molecule has 0 unspecified atom stereocenters. The second-order valence-electron chi connectivity index (χ2n) is 5.85. The number of halogens is 2. The van der Waals surface area contributed by atoms with Crippen molar-refractivity contribution in [1.82, 2.24) is 5.32 Å². The number of nitriles is 1. The summed E-state index contributed by atoms with van der Waals surface area (Å²) in [5.74, 6) is -1.99. The van der Waals surface area contributed by atoms with Crippen molar-refractivity contribution in [2.75, 3.05) is 6.54 Å². The summed E-state index contributed by atoms with van der Waals surface area (Å²) >= 11 is 0. The van der Waals surface area contributed by atoms with E-state index >= 15 is 0 Å². The number of nitrogens with one attached hydrogen (secondary N) is 1. The van der Waals surface area contributed by atoms with Gasteiger partial charge in [0.2, 0.25) is 0 Å². The first-order valence-electron chi connectivity index (χ1n) is 7.46. The average molecular weight is 308 g/mol. The van der Waals surface area contributed by atoms with E-state index in [-0.39, 0.29) is 18.5 Å². The SMILES string of the molecule is C[C@H]([NH2+]CC(=O)NC1(C#N)CCCC1)c1ccc(F)c(F)c1. The van der Waals surface area contributed by atoms with Crippen molar-refractivity contribution in [2.24, 2.45) is 0 Å². The summed E-state index contributed by atoms with van der Waals surface area (Å²) in [6.07, 6.45) is 3.27. The Morgan fingerprint density at radius 2 is 2.09 bits per heavy atom. The summed E-state index contributed by atoms with van der Waals surface area (Å²) in [6, 6.07) is 5.75. The van der Waals surface area contributed by atoms with Crippen LogP contribution < -0.4 is 10.6 Å². The normalized spacial score (nSPS) is 17.7. The molecule has 2 rings (SSSR count). The van der Waals surface area contributed by atoms with E-state index < -0.39 is 17.2 Å². The molecule has 1 saturated carbocycles. The van der Waals surface area contributed by atoms with Gasteiger partial charge >= 0.3 is 0 Å². The Balaban J connectivity index is 1.88. The van der Waals surface area contributed by atoms with Gasteiger partial charge in [-0.2, -0.15) is 5.26 Å². The third kappa shape index (κ3) is 3.80. The molecule has 0 aliphatic heterocycles. The molecule has 3 N–H and O–H groups in total. The van der Waals surface area contributed by atoms with Crippen LogP contribution in [0.5, 0.6) is 0 Å². The third-order valence-electron chi connectivity index (χ3n) is 4.18. The molecule has 0 bridgehead atoms. The summed E-state index contributed by atoms with van der Waals surface area (Å²) in [4.78, 5) is 12.0. The van der Waals surface area contributed by atoms with Crippen molar-refractivity contribution in [3.05, 3.63) is 35.4 Å². The Morgan fingerprint density at radius 3 is 2.68 bits per heavy atom. The molecular weight excluding hydrogens is 288 g/mol. The Hall–Kier alpha value is -2.00. The number of hydrogen-bond acceptors (Lipinski definition) is 2. The largest absolute Gasteiger partial charge is 0.333 e. The molecule has 0 heterocycles. The van der Waals surface area contributed by atoms with Gasteiger partial charge in [0.1, 0.15) is 11.6 Å². The van der Waals surface area contributed by atoms with Gasteiger partial charge in [-0.15, -0.1) is 0 Å². The topological polar surface area (TPSA) is 69.5 Å². The molecule has 6 heteroatoms. The molecule has 1 aliphatic rings. The Labute approximate surface area is 128 Å². The maximum Gasteiger partial charge on any atom is 0.276 e. The molecule has 0 spiro atoms. The first-order chi connectivity index (χ1) is 10.5. The highest BCUT2D eigenvalue weighted by Gasteiger charge is 2.35. The van der Waals surface area contributed by atoms with E-state index in [1.807, 2.05) is 6.92 Å². The van der Waals surface area contributed by atoms with E-state index in [1.165, 1.54) is 6.07 Å². The highest BCUT2D eigenvalue weighted by atomic mass is 19.2. The van der Waals surface area contributed by atoms with Crippen molar-refractivity contribution < 1.29 is 18.9 Å². The zero-order chi connectivity index (χ0) is 16.2. The summed E-state index contributed by atoms with van der Waals surface area (Å²) in [5.41, 5.74) is -0.113. The van der Waals surface area contributed by atoms with Crippen molar-refractivity contribution in [3.63, 3.8) is 0 Å². The molecule has 1 amide bonds. The van der Waals surface area contributed by atoms with Crippen molar-refractivity contribution in [3.8, 4) is 6.07 Å². The molecule has 22 heavy (non-hydrogen) atoms. The maximum atomic E-state index is 13.2. The van der Waals surface area contributed by atoms with E-state index in [0.717, 1.165) is 25.0 Å². The number of hydrogen-bond donors (Lipinski definition) is 2. The van der Waals surface area contributed by atoms with Crippen molar-refractivity contribution in [2.45, 2.75) is 44.2 Å². The fourth-order valence-electron chi connectivity index (χ4n) is 2.78. The highest BCUT2D eigenvalue weighted by Crippen LogP contribution is 2.28. The molecule has 0 radical (unpaired) electrons. The number of carbonyl (C=O) groups is 1. The average Bonchev–Trinajstić information content (AvgIpc) is 2.96. The van der Waals surface area contributed by atoms with Gasteiger partial charge in [0.05, 0.1) is 6.07 Å². The van der Waals surface area contributed by atoms with Gasteiger partial charge in [-0.05, 0) is 50.8 Å². The number of carbonyl (C=O) groups excluding carboxylic acids is 1. The lowest BCUT2D eigenvalue weighted by Gasteiger charge is -2.21. The second-order valence-corrected chi connectivity index (χ2v) is 5.85. The van der Waals surface area contributed by atoms with E-state index in [9.17, 15) is 18.8 Å². The minimum absolute atomic E-state index is 0.142. The van der Waals surface area contributed by atoms with Crippen molar-refractivity contribution in [1.29, 1.82) is 5.26 Å². The van der Waals surface area contributed by atoms with Crippen molar-refractivity contribution >= 4 is 5.91 Å². The van der Waals surface area contributed by atoms with Gasteiger partial charge in [0, 0.05) is 5.56 Å². The zero-order valence-electron chi connectivity index (χ0n) is 12.5. The lowest BCUT2D eigenvalue weighted by molar-refractivity contribution is -0.682. The van der Waals surface area contributed by atoms with Crippen LogP contribution in [0.3, 0.4) is 0 Å². The molecule has 1 aliphatic carbocycles. The number of amides is 1. The van der Waals surface area contributed by atoms with Crippen LogP contribution in [0.15, 0.2) is 18.2 Å². The van der Waals surface area contributed by atoms with Crippen LogP contribution in [-0.2, 0) is 4.79 Å². The Kier molecular flexibility index (Phi) is 5.09. The lowest BCUT2D eigenvalue weighted by Crippen LogP contribution is -2.87. The highest BCUT2D eigenvalue weighted by molar-refractivity contribution is 5.78. The molecular formula is C16H20F2N3O+. The number of nitrogens with two attached hydrogens (primary N) is 1. The summed E-state index contributed by atoms with van der Waals surface area (Å²) < 4.78 is 26.1. The smallest absolute Gasteiger partial charge is 0.276 e. The summed E-state index contributed by atoms with van der Waals surface area (Å²) in [6.45, 7) is 1.96. The van der Waals surface area contributed by atoms with Crippen LogP contribution in [0, 0.1) is 23.0 Å². The molecule has 1 fully saturated rings. The van der Waals surface area contributed by atoms with Crippen LogP contribution in [0.4, 0.5) is 8.78 Å². The first-order valence-corrected chi connectivity index (χ1v) is 7.46. The first kappa shape index (κ1) is 16.4. The lowest BCUT2D eigenvalue weighted by atomic mass is 10.00. The fourth-order valence-corrected chi connectivity index (χ4v) is 2.78. The van der Waals surface area contributed by atoms with Gasteiger partial charge in [0.25, 0.3) is 5.91 Å². The van der Waals surface area contributed by atoms with E-state index in [0.29, 0.717) is 18.4 Å². The number of quaternary nitrogens is 1. The number of nitrogens with zero attached hydrogens (tertiary/aromatic N) is 1. The molecule has 0 saturated heterocycles. The van der Waals surface area contributed by atoms with Crippen LogP contribution in [0.1, 0.15) is 44.2 Å². The maximum absolute atomic E-state index is 13.2. The molecule has 1 atom stereocenters. The fraction of sp³-hybridized carbons (Fsp3) is 0.500. The van der Waals surface area contributed by atoms with Crippen LogP contribution in [0.25, 0.3) is 0 Å². The predicted octanol–water partition coefficient (Wildman–Crippen LogP) is 1.54. The van der Waals surface area contributed by atoms with Gasteiger partial charge < -0.3 is 10.6 Å². The van der Waals surface area contributed by atoms with Gasteiger partial charge in [-0.1, -0.05) is 0 Å². The van der Waals surface area contributed by atoms with Crippen LogP contribution in [0.2, 0.25) is 0 Å². The van der Waals surface area contributed by atoms with Gasteiger partial charge in [0.15, 0.2) is 18.2 Å². The predicted molar refractivity (Wildman–Crippen MR) is 76.5 cm³/mol. The van der Waals surface area contributed by atoms with Crippen LogP contribution in [-0.4, -0.2) is 18.0 Å². The van der Waals surface area contributed by atoms with Crippen LogP contribution >= 0.6 is 0 Å². The summed E-state index contributed by atoms with van der Waals surface area (Å²) in [7, 11) is 0. The molecule has 118 valence electrons. The van der Waals surface area contributed by atoms with Gasteiger partial charge in [-0.25, -0.2) is 8.78 Å². The number of rotatable bonds is 5. The quantitative estimate of drug-likeness (QED) is 0.866. The minimum Gasteiger partial charge on any atom is -0.333 e. The third-order valence-corrected chi connectivity index (χ3v) is 4.18. The molecule has 0 aromatic heterocycles. The summed E-state index contributed by atoms with van der Waals surface area (Å²) in [5, 5.41) is 13.8. The van der Waals surface area contributed by atoms with E-state index in [1.54, 1.807) is 5.32 Å². The Bertz CT molecular complexity index is 592. The monoisotopic (exact) mass is 308 g/mol.